The molecule has 7 heteroatoms. The Hall–Kier alpha value is -3.74. The maximum atomic E-state index is 13.3. The summed E-state index contributed by atoms with van der Waals surface area (Å²) in [6, 6.07) is 16.5. The summed E-state index contributed by atoms with van der Waals surface area (Å²) in [6.07, 6.45) is 2.73. The van der Waals surface area contributed by atoms with Crippen LogP contribution in [0, 0.1) is 5.82 Å². The highest BCUT2D eigenvalue weighted by Crippen LogP contribution is 2.24. The average molecular weight is 362 g/mol. The number of carboxylic acid groups (broad SMARTS) is 1. The molecule has 0 fully saturated rings. The van der Waals surface area contributed by atoms with E-state index in [0.717, 1.165) is 28.7 Å². The average Bonchev–Trinajstić information content (AvgIpc) is 3.06. The van der Waals surface area contributed by atoms with Crippen molar-refractivity contribution in [3.8, 4) is 0 Å². The first-order valence-electron chi connectivity index (χ1n) is 8.25. The number of aromatic carboxylic acids is 1. The molecule has 0 aliphatic heterocycles. The van der Waals surface area contributed by atoms with Crippen molar-refractivity contribution >= 4 is 28.4 Å². The highest BCUT2D eigenvalue weighted by Gasteiger charge is 2.13. The van der Waals surface area contributed by atoms with Gasteiger partial charge in [-0.2, -0.15) is 5.10 Å². The summed E-state index contributed by atoms with van der Waals surface area (Å²) in [7, 11) is 0. The molecule has 6 nitrogen and oxygen atoms in total. The molecule has 0 saturated carbocycles. The van der Waals surface area contributed by atoms with Crippen LogP contribution in [-0.2, 0) is 6.54 Å². The van der Waals surface area contributed by atoms with Crippen LogP contribution in [0.4, 0.5) is 15.9 Å². The maximum absolute atomic E-state index is 13.3. The third kappa shape index (κ3) is 3.48. The van der Waals surface area contributed by atoms with Gasteiger partial charge in [-0.1, -0.05) is 30.3 Å². The van der Waals surface area contributed by atoms with Gasteiger partial charge in [-0.05, 0) is 29.8 Å². The third-order valence-corrected chi connectivity index (χ3v) is 4.16. The zero-order chi connectivity index (χ0) is 18.8. The molecule has 4 rings (SSSR count). The Kier molecular flexibility index (Phi) is 4.25. The number of nitrogens with zero attached hydrogens (tertiary/aromatic N) is 3. The summed E-state index contributed by atoms with van der Waals surface area (Å²) in [5.74, 6) is -1.86. The van der Waals surface area contributed by atoms with Crippen LogP contribution in [0.3, 0.4) is 0 Å². The second kappa shape index (κ2) is 6.87. The second-order valence-electron chi connectivity index (χ2n) is 6.04. The minimum Gasteiger partial charge on any atom is -0.478 e. The fourth-order valence-corrected chi connectivity index (χ4v) is 2.89. The first kappa shape index (κ1) is 16.7. The lowest BCUT2D eigenvalue weighted by Crippen LogP contribution is -2.05. The SMILES string of the molecule is O=C(O)c1cc(F)cnc1Nc1ccc2c(cnn2Cc2ccccc2)c1. The van der Waals surface area contributed by atoms with Gasteiger partial charge in [0.2, 0.25) is 0 Å². The predicted octanol–water partition coefficient (Wildman–Crippen LogP) is 4.06. The van der Waals surface area contributed by atoms with E-state index in [2.05, 4.69) is 15.4 Å². The molecule has 27 heavy (non-hydrogen) atoms. The molecule has 2 aromatic carbocycles. The first-order valence-corrected chi connectivity index (χ1v) is 8.25. The second-order valence-corrected chi connectivity index (χ2v) is 6.04. The van der Waals surface area contributed by atoms with Crippen LogP contribution >= 0.6 is 0 Å². The third-order valence-electron chi connectivity index (χ3n) is 4.16. The molecule has 0 aliphatic carbocycles. The van der Waals surface area contributed by atoms with E-state index in [9.17, 15) is 14.3 Å². The monoisotopic (exact) mass is 362 g/mol. The molecule has 134 valence electrons. The first-order chi connectivity index (χ1) is 13.1. The molecular formula is C20H15FN4O2. The summed E-state index contributed by atoms with van der Waals surface area (Å²) in [6.45, 7) is 0.653. The minimum absolute atomic E-state index is 0.0833. The fraction of sp³-hybridized carbons (Fsp3) is 0.0500. The number of nitrogens with one attached hydrogen (secondary N) is 1. The van der Waals surface area contributed by atoms with Crippen LogP contribution in [0.5, 0.6) is 0 Å². The van der Waals surface area contributed by atoms with E-state index in [4.69, 9.17) is 0 Å². The van der Waals surface area contributed by atoms with Crippen LogP contribution in [-0.4, -0.2) is 25.8 Å². The Balaban J connectivity index is 1.63. The molecular weight excluding hydrogens is 347 g/mol. The number of benzene rings is 2. The van der Waals surface area contributed by atoms with E-state index in [1.54, 1.807) is 6.20 Å². The van der Waals surface area contributed by atoms with Crippen molar-refractivity contribution in [3.63, 3.8) is 0 Å². The van der Waals surface area contributed by atoms with Crippen molar-refractivity contribution in [2.24, 2.45) is 0 Å². The summed E-state index contributed by atoms with van der Waals surface area (Å²) >= 11 is 0. The van der Waals surface area contributed by atoms with Crippen molar-refractivity contribution in [3.05, 3.63) is 83.9 Å². The molecule has 2 N–H and O–H groups in total. The molecule has 0 bridgehead atoms. The highest BCUT2D eigenvalue weighted by atomic mass is 19.1. The van der Waals surface area contributed by atoms with E-state index < -0.39 is 11.8 Å². The van der Waals surface area contributed by atoms with Crippen LogP contribution in [0.2, 0.25) is 0 Å². The number of fused-ring (bicyclic) bond motifs is 1. The Bertz CT molecular complexity index is 1130. The van der Waals surface area contributed by atoms with Crippen molar-refractivity contribution in [2.45, 2.75) is 6.54 Å². The van der Waals surface area contributed by atoms with E-state index >= 15 is 0 Å². The Morgan fingerprint density at radius 1 is 1.11 bits per heavy atom. The van der Waals surface area contributed by atoms with E-state index in [-0.39, 0.29) is 11.4 Å². The van der Waals surface area contributed by atoms with Gasteiger partial charge in [0.15, 0.2) is 0 Å². The summed E-state index contributed by atoms with van der Waals surface area (Å²) in [4.78, 5) is 15.1. The van der Waals surface area contributed by atoms with Crippen LogP contribution in [0.1, 0.15) is 15.9 Å². The Labute approximate surface area is 153 Å². The molecule has 0 amide bonds. The molecule has 0 spiro atoms. The highest BCUT2D eigenvalue weighted by molar-refractivity contribution is 5.94. The van der Waals surface area contributed by atoms with Crippen LogP contribution in [0.15, 0.2) is 67.0 Å². The van der Waals surface area contributed by atoms with Gasteiger partial charge in [-0.15, -0.1) is 0 Å². The number of aromatic nitrogens is 3. The largest absolute Gasteiger partial charge is 0.478 e. The van der Waals surface area contributed by atoms with Crippen molar-refractivity contribution in [2.75, 3.05) is 5.32 Å². The molecule has 0 unspecified atom stereocenters. The van der Waals surface area contributed by atoms with Crippen molar-refractivity contribution < 1.29 is 14.3 Å². The van der Waals surface area contributed by atoms with Crippen molar-refractivity contribution in [1.29, 1.82) is 0 Å². The molecule has 0 aliphatic rings. The zero-order valence-electron chi connectivity index (χ0n) is 14.1. The number of pyridine rings is 1. The van der Waals surface area contributed by atoms with Gasteiger partial charge in [0, 0.05) is 11.1 Å². The van der Waals surface area contributed by atoms with Gasteiger partial charge in [-0.25, -0.2) is 14.2 Å². The number of hydrogen-bond donors (Lipinski definition) is 2. The predicted molar refractivity (Wildman–Crippen MR) is 99.7 cm³/mol. The number of carbonyl (C=O) groups is 1. The lowest BCUT2D eigenvalue weighted by Gasteiger charge is -2.09. The van der Waals surface area contributed by atoms with E-state index in [1.807, 2.05) is 53.2 Å². The molecule has 2 aromatic heterocycles. The molecule has 4 aromatic rings. The summed E-state index contributed by atoms with van der Waals surface area (Å²) in [5, 5.41) is 17.5. The van der Waals surface area contributed by atoms with Gasteiger partial charge in [0.1, 0.15) is 17.2 Å². The molecule has 0 atom stereocenters. The van der Waals surface area contributed by atoms with Crippen molar-refractivity contribution in [1.82, 2.24) is 14.8 Å². The van der Waals surface area contributed by atoms with Crippen LogP contribution in [0.25, 0.3) is 10.9 Å². The van der Waals surface area contributed by atoms with E-state index in [1.165, 1.54) is 0 Å². The number of carboxylic acids is 1. The number of hydrogen-bond acceptors (Lipinski definition) is 4. The molecule has 2 heterocycles. The van der Waals surface area contributed by atoms with Gasteiger partial charge < -0.3 is 10.4 Å². The maximum Gasteiger partial charge on any atom is 0.339 e. The van der Waals surface area contributed by atoms with Gasteiger partial charge in [0.05, 0.1) is 24.5 Å². The molecule has 0 radical (unpaired) electrons. The summed E-state index contributed by atoms with van der Waals surface area (Å²) in [5.41, 5.74) is 2.51. The molecule has 0 saturated heterocycles. The number of anilines is 2. The quantitative estimate of drug-likeness (QED) is 0.560. The topological polar surface area (TPSA) is 80.0 Å². The standard InChI is InChI=1S/C20H15FN4O2/c21-15-9-17(20(26)27)19(22-11-15)24-16-6-7-18-14(8-16)10-23-25(18)12-13-4-2-1-3-5-13/h1-11H,12H2,(H,22,24)(H,26,27). The smallest absolute Gasteiger partial charge is 0.339 e. The summed E-state index contributed by atoms with van der Waals surface area (Å²) < 4.78 is 15.2. The van der Waals surface area contributed by atoms with Gasteiger partial charge in [0.25, 0.3) is 0 Å². The lowest BCUT2D eigenvalue weighted by atomic mass is 10.2. The Morgan fingerprint density at radius 2 is 1.93 bits per heavy atom. The zero-order valence-corrected chi connectivity index (χ0v) is 14.1. The minimum atomic E-state index is -1.25. The van der Waals surface area contributed by atoms with Gasteiger partial charge in [-0.3, -0.25) is 4.68 Å². The lowest BCUT2D eigenvalue weighted by molar-refractivity contribution is 0.0697. The fourth-order valence-electron chi connectivity index (χ4n) is 2.89. The number of halogens is 1. The Morgan fingerprint density at radius 3 is 2.70 bits per heavy atom. The van der Waals surface area contributed by atoms with E-state index in [0.29, 0.717) is 12.2 Å². The van der Waals surface area contributed by atoms with Gasteiger partial charge >= 0.3 is 5.97 Å². The normalized spacial score (nSPS) is 10.9. The van der Waals surface area contributed by atoms with Crippen LogP contribution < -0.4 is 5.32 Å². The number of rotatable bonds is 5.